The van der Waals surface area contributed by atoms with E-state index in [0.717, 1.165) is 24.8 Å². The van der Waals surface area contributed by atoms with Crippen LogP contribution in [0.15, 0.2) is 24.3 Å². The third kappa shape index (κ3) is 6.86. The Balaban J connectivity index is 3.39. The number of nitriles is 1. The van der Waals surface area contributed by atoms with Gasteiger partial charge in [0, 0.05) is 6.42 Å². The highest BCUT2D eigenvalue weighted by molar-refractivity contribution is 5.01. The van der Waals surface area contributed by atoms with Gasteiger partial charge in [0.05, 0.1) is 6.07 Å². The molecule has 0 heterocycles. The predicted molar refractivity (Wildman–Crippen MR) is 48.0 cm³/mol. The second-order valence-electron chi connectivity index (χ2n) is 2.87. The van der Waals surface area contributed by atoms with Gasteiger partial charge >= 0.3 is 0 Å². The van der Waals surface area contributed by atoms with E-state index in [2.05, 4.69) is 19.2 Å². The molecule has 0 aliphatic rings. The first kappa shape index (κ1) is 9.97. The van der Waals surface area contributed by atoms with Crippen molar-refractivity contribution in [2.75, 3.05) is 0 Å². The summed E-state index contributed by atoms with van der Waals surface area (Å²) in [5, 5.41) is 8.28. The van der Waals surface area contributed by atoms with E-state index in [1.54, 1.807) is 0 Å². The van der Waals surface area contributed by atoms with Gasteiger partial charge in [0.2, 0.25) is 0 Å². The van der Waals surface area contributed by atoms with Crippen LogP contribution in [-0.4, -0.2) is 0 Å². The van der Waals surface area contributed by atoms with Gasteiger partial charge in [0.25, 0.3) is 0 Å². The molecule has 11 heavy (non-hydrogen) atoms. The van der Waals surface area contributed by atoms with Crippen molar-refractivity contribution in [3.63, 3.8) is 0 Å². The van der Waals surface area contributed by atoms with Gasteiger partial charge in [-0.2, -0.15) is 5.26 Å². The molecule has 0 spiro atoms. The van der Waals surface area contributed by atoms with Crippen molar-refractivity contribution in [2.45, 2.75) is 32.6 Å². The van der Waals surface area contributed by atoms with Gasteiger partial charge in [-0.25, -0.2) is 0 Å². The topological polar surface area (TPSA) is 23.8 Å². The van der Waals surface area contributed by atoms with Gasteiger partial charge in [0.15, 0.2) is 0 Å². The highest BCUT2D eigenvalue weighted by Gasteiger charge is 1.93. The first-order valence-corrected chi connectivity index (χ1v) is 3.84. The summed E-state index contributed by atoms with van der Waals surface area (Å²) in [7, 11) is 0. The molecule has 0 amide bonds. The number of nitrogens with zero attached hydrogens (tertiary/aromatic N) is 1. The Labute approximate surface area is 69.0 Å². The fourth-order valence-corrected chi connectivity index (χ4v) is 0.748. The van der Waals surface area contributed by atoms with Crippen molar-refractivity contribution < 1.29 is 0 Å². The smallest absolute Gasteiger partial charge is 0.0625 e. The molecule has 1 nitrogen and oxygen atoms in total. The number of allylic oxidation sites excluding steroid dienone is 2. The van der Waals surface area contributed by atoms with Gasteiger partial charge in [-0.05, 0) is 26.2 Å². The number of hydrogen-bond donors (Lipinski definition) is 0. The maximum absolute atomic E-state index is 8.28. The van der Waals surface area contributed by atoms with Gasteiger partial charge in [-0.3, -0.25) is 0 Å². The molecule has 0 fully saturated rings. The molecule has 0 saturated heterocycles. The molecule has 0 aliphatic heterocycles. The van der Waals surface area contributed by atoms with Crippen molar-refractivity contribution in [3.05, 3.63) is 24.3 Å². The lowest BCUT2D eigenvalue weighted by Gasteiger charge is -2.01. The fourth-order valence-electron chi connectivity index (χ4n) is 0.748. The van der Waals surface area contributed by atoms with Crippen LogP contribution in [0.3, 0.4) is 0 Å². The third-order valence-corrected chi connectivity index (χ3v) is 1.50. The van der Waals surface area contributed by atoms with Crippen LogP contribution in [0.2, 0.25) is 0 Å². The summed E-state index contributed by atoms with van der Waals surface area (Å²) in [6.45, 7) is 9.68. The minimum absolute atomic E-state index is 0.592. The molecular weight excluding hydrogens is 134 g/mol. The first-order valence-electron chi connectivity index (χ1n) is 3.84. The Kier molecular flexibility index (Phi) is 5.20. The van der Waals surface area contributed by atoms with Crippen LogP contribution in [0.25, 0.3) is 0 Å². The van der Waals surface area contributed by atoms with Crippen LogP contribution in [-0.2, 0) is 0 Å². The Morgan fingerprint density at radius 3 is 2.36 bits per heavy atom. The maximum atomic E-state index is 8.28. The monoisotopic (exact) mass is 149 g/mol. The van der Waals surface area contributed by atoms with Crippen LogP contribution in [0.1, 0.15) is 32.6 Å². The average molecular weight is 149 g/mol. The molecule has 0 N–H and O–H groups in total. The largest absolute Gasteiger partial charge is 0.198 e. The van der Waals surface area contributed by atoms with E-state index in [0.29, 0.717) is 6.42 Å². The molecule has 0 unspecified atom stereocenters. The van der Waals surface area contributed by atoms with Crippen LogP contribution in [0.5, 0.6) is 0 Å². The highest BCUT2D eigenvalue weighted by Crippen LogP contribution is 2.12. The Hall–Kier alpha value is -1.03. The minimum atomic E-state index is 0.592. The SMILES string of the molecule is C=C(C)CCC(=C)CCC#N. The van der Waals surface area contributed by atoms with Crippen LogP contribution < -0.4 is 0 Å². The zero-order valence-corrected chi connectivity index (χ0v) is 7.19. The summed E-state index contributed by atoms with van der Waals surface area (Å²) < 4.78 is 0. The summed E-state index contributed by atoms with van der Waals surface area (Å²) in [6, 6.07) is 2.10. The van der Waals surface area contributed by atoms with Crippen LogP contribution >= 0.6 is 0 Å². The summed E-state index contributed by atoms with van der Waals surface area (Å²) in [6.07, 6.45) is 3.42. The van der Waals surface area contributed by atoms with Crippen molar-refractivity contribution in [3.8, 4) is 6.07 Å². The lowest BCUT2D eigenvalue weighted by molar-refractivity contribution is 0.852. The van der Waals surface area contributed by atoms with Crippen LogP contribution in [0, 0.1) is 11.3 Å². The van der Waals surface area contributed by atoms with E-state index in [1.807, 2.05) is 6.92 Å². The quantitative estimate of drug-likeness (QED) is 0.551. The average Bonchev–Trinajstić information content (AvgIpc) is 1.97. The zero-order valence-electron chi connectivity index (χ0n) is 7.19. The van der Waals surface area contributed by atoms with E-state index in [-0.39, 0.29) is 0 Å². The molecule has 0 saturated carbocycles. The summed E-state index contributed by atoms with van der Waals surface area (Å²) in [5.41, 5.74) is 2.35. The Morgan fingerprint density at radius 1 is 1.27 bits per heavy atom. The van der Waals surface area contributed by atoms with E-state index < -0.39 is 0 Å². The van der Waals surface area contributed by atoms with Crippen molar-refractivity contribution in [1.82, 2.24) is 0 Å². The molecule has 0 aromatic carbocycles. The Bertz CT molecular complexity index is 184. The van der Waals surface area contributed by atoms with Gasteiger partial charge in [-0.1, -0.05) is 17.7 Å². The summed E-state index contributed by atoms with van der Waals surface area (Å²) in [5.74, 6) is 0. The molecule has 60 valence electrons. The minimum Gasteiger partial charge on any atom is -0.198 e. The van der Waals surface area contributed by atoms with E-state index in [9.17, 15) is 0 Å². The molecule has 0 aliphatic carbocycles. The van der Waals surface area contributed by atoms with Crippen molar-refractivity contribution in [1.29, 1.82) is 5.26 Å². The van der Waals surface area contributed by atoms with Crippen LogP contribution in [0.4, 0.5) is 0 Å². The van der Waals surface area contributed by atoms with Crippen molar-refractivity contribution >= 4 is 0 Å². The third-order valence-electron chi connectivity index (χ3n) is 1.50. The molecular formula is C10H15N. The molecule has 0 aromatic heterocycles. The highest BCUT2D eigenvalue weighted by atomic mass is 14.2. The normalized spacial score (nSPS) is 8.73. The van der Waals surface area contributed by atoms with Gasteiger partial charge < -0.3 is 0 Å². The number of hydrogen-bond acceptors (Lipinski definition) is 1. The van der Waals surface area contributed by atoms with E-state index in [1.165, 1.54) is 5.57 Å². The molecule has 0 rings (SSSR count). The fraction of sp³-hybridized carbons (Fsp3) is 0.500. The Morgan fingerprint density at radius 2 is 1.91 bits per heavy atom. The van der Waals surface area contributed by atoms with Gasteiger partial charge in [-0.15, -0.1) is 6.58 Å². The lowest BCUT2D eigenvalue weighted by Crippen LogP contribution is -1.82. The summed E-state index contributed by atoms with van der Waals surface area (Å²) >= 11 is 0. The molecule has 1 heteroatoms. The maximum Gasteiger partial charge on any atom is 0.0625 e. The van der Waals surface area contributed by atoms with E-state index >= 15 is 0 Å². The molecule has 0 atom stereocenters. The zero-order chi connectivity index (χ0) is 8.69. The lowest BCUT2D eigenvalue weighted by atomic mass is 10.0. The van der Waals surface area contributed by atoms with Gasteiger partial charge in [0.1, 0.15) is 0 Å². The second kappa shape index (κ2) is 5.73. The predicted octanol–water partition coefficient (Wildman–Crippen LogP) is 3.20. The van der Waals surface area contributed by atoms with E-state index in [4.69, 9.17) is 5.26 Å². The first-order chi connectivity index (χ1) is 5.16. The summed E-state index contributed by atoms with van der Waals surface area (Å²) in [4.78, 5) is 0. The standard InChI is InChI=1S/C10H15N/c1-9(2)6-7-10(3)5-4-8-11/h1,3-7H2,2H3. The number of rotatable bonds is 5. The van der Waals surface area contributed by atoms with Crippen molar-refractivity contribution in [2.24, 2.45) is 0 Å². The molecule has 0 bridgehead atoms. The molecule has 0 radical (unpaired) electrons. The second-order valence-corrected chi connectivity index (χ2v) is 2.87. The molecule has 0 aromatic rings.